The van der Waals surface area contributed by atoms with Crippen LogP contribution in [-0.2, 0) is 14.6 Å². The van der Waals surface area contributed by atoms with Crippen LogP contribution in [0.5, 0.6) is 0 Å². The third kappa shape index (κ3) is 5.50. The smallest absolute Gasteiger partial charge is 0.251 e. The molecule has 2 saturated heterocycles. The minimum absolute atomic E-state index is 0.0185. The number of sulfone groups is 1. The molecule has 29 heavy (non-hydrogen) atoms. The molecule has 0 aromatic heterocycles. The molecule has 3 heterocycles. The molecule has 0 bridgehead atoms. The first kappa shape index (κ1) is 20.6. The van der Waals surface area contributed by atoms with Gasteiger partial charge >= 0.3 is 0 Å². The number of aliphatic imine (C=N–C) groups is 1. The van der Waals surface area contributed by atoms with Crippen LogP contribution in [0.25, 0.3) is 0 Å². The Morgan fingerprint density at radius 1 is 1.21 bits per heavy atom. The molecule has 1 amide bonds. The number of fused-ring (bicyclic) bond motifs is 1. The molecule has 0 saturated carbocycles. The number of benzene rings is 1. The first-order valence-electron chi connectivity index (χ1n) is 9.89. The molecule has 1 aromatic carbocycles. The summed E-state index contributed by atoms with van der Waals surface area (Å²) in [6.45, 7) is 5.12. The van der Waals surface area contributed by atoms with Crippen molar-refractivity contribution in [3.63, 3.8) is 0 Å². The second-order valence-corrected chi connectivity index (χ2v) is 10.9. The van der Waals surface area contributed by atoms with Crippen molar-refractivity contribution in [2.24, 2.45) is 4.99 Å². The number of ether oxygens (including phenoxy) is 1. The van der Waals surface area contributed by atoms with Gasteiger partial charge in [0.2, 0.25) is 0 Å². The summed E-state index contributed by atoms with van der Waals surface area (Å²) in [5.74, 6) is 0.258. The second kappa shape index (κ2) is 9.03. The fraction of sp³-hybridized carbons (Fsp3) is 0.579. The third-order valence-electron chi connectivity index (χ3n) is 5.26. The molecule has 0 aliphatic carbocycles. The first-order chi connectivity index (χ1) is 14.0. The zero-order valence-corrected chi connectivity index (χ0v) is 17.8. The Hall–Kier alpha value is -1.62. The maximum absolute atomic E-state index is 12.3. The number of nitrogens with zero attached hydrogens (tertiary/aromatic N) is 2. The Kier molecular flexibility index (Phi) is 6.43. The number of amides is 1. The molecule has 2 fully saturated rings. The quantitative estimate of drug-likeness (QED) is 0.634. The Morgan fingerprint density at radius 3 is 2.69 bits per heavy atom. The van der Waals surface area contributed by atoms with Crippen molar-refractivity contribution in [1.82, 2.24) is 10.2 Å². The lowest BCUT2D eigenvalue weighted by atomic mass is 10.2. The van der Waals surface area contributed by atoms with E-state index in [1.165, 1.54) is 11.8 Å². The van der Waals surface area contributed by atoms with Crippen LogP contribution >= 0.6 is 11.8 Å². The summed E-state index contributed by atoms with van der Waals surface area (Å²) in [4.78, 5) is 19.1. The van der Waals surface area contributed by atoms with Crippen LogP contribution in [0.4, 0.5) is 5.69 Å². The monoisotopic (exact) mass is 438 g/mol. The highest BCUT2D eigenvalue weighted by molar-refractivity contribution is 8.15. The number of thioether (sulfide) groups is 1. The predicted octanol–water partition coefficient (Wildman–Crippen LogP) is 0.819. The topological polar surface area (TPSA) is 100 Å². The molecule has 158 valence electrons. The van der Waals surface area contributed by atoms with E-state index < -0.39 is 9.84 Å². The van der Waals surface area contributed by atoms with E-state index in [9.17, 15) is 13.2 Å². The summed E-state index contributed by atoms with van der Waals surface area (Å²) >= 11 is 1.48. The summed E-state index contributed by atoms with van der Waals surface area (Å²) in [7, 11) is -2.94. The fourth-order valence-electron chi connectivity index (χ4n) is 3.68. The van der Waals surface area contributed by atoms with Crippen LogP contribution in [0, 0.1) is 0 Å². The van der Waals surface area contributed by atoms with Crippen molar-refractivity contribution >= 4 is 38.4 Å². The van der Waals surface area contributed by atoms with Crippen LogP contribution in [0.3, 0.4) is 0 Å². The lowest BCUT2D eigenvalue weighted by Gasteiger charge is -2.26. The molecule has 1 aromatic rings. The number of amidine groups is 1. The number of carbonyl (C=O) groups is 1. The van der Waals surface area contributed by atoms with Gasteiger partial charge in [0, 0.05) is 36.1 Å². The summed E-state index contributed by atoms with van der Waals surface area (Å²) < 4.78 is 28.6. The SMILES string of the molecule is O=C(NCCCN1CCOCC1)c1ccc(NC2=NC3CS(=O)(=O)CC3S2)cc1. The van der Waals surface area contributed by atoms with Crippen molar-refractivity contribution in [3.05, 3.63) is 29.8 Å². The number of hydrogen-bond acceptors (Lipinski definition) is 8. The molecular weight excluding hydrogens is 412 g/mol. The fourth-order valence-corrected chi connectivity index (χ4v) is 7.35. The number of rotatable bonds is 6. The van der Waals surface area contributed by atoms with Crippen molar-refractivity contribution in [1.29, 1.82) is 0 Å². The summed E-state index contributed by atoms with van der Waals surface area (Å²) in [6, 6.07) is 7.11. The van der Waals surface area contributed by atoms with Crippen molar-refractivity contribution in [3.8, 4) is 0 Å². The number of anilines is 1. The zero-order chi connectivity index (χ0) is 20.3. The molecule has 2 atom stereocenters. The van der Waals surface area contributed by atoms with Gasteiger partial charge in [-0.25, -0.2) is 8.42 Å². The van der Waals surface area contributed by atoms with Crippen LogP contribution in [0.15, 0.2) is 29.3 Å². The van der Waals surface area contributed by atoms with Crippen molar-refractivity contribution in [2.75, 3.05) is 56.2 Å². The molecule has 10 heteroatoms. The van der Waals surface area contributed by atoms with Crippen LogP contribution in [0.2, 0.25) is 0 Å². The molecule has 2 unspecified atom stereocenters. The number of nitrogens with one attached hydrogen (secondary N) is 2. The summed E-state index contributed by atoms with van der Waals surface area (Å²) in [6.07, 6.45) is 0.917. The van der Waals surface area contributed by atoms with Crippen molar-refractivity contribution < 1.29 is 17.9 Å². The summed E-state index contributed by atoms with van der Waals surface area (Å²) in [5, 5.41) is 6.95. The maximum Gasteiger partial charge on any atom is 0.251 e. The standard InChI is InChI=1S/C19H26N4O4S2/c24-18(20-6-1-7-23-8-10-27-11-9-23)14-2-4-15(5-3-14)21-19-22-16-12-29(25,26)13-17(16)28-19/h2-5,16-17H,1,6-13H2,(H,20,24)(H,21,22). The third-order valence-corrected chi connectivity index (χ3v) is 8.40. The van der Waals surface area contributed by atoms with Gasteiger partial charge in [-0.1, -0.05) is 11.8 Å². The van der Waals surface area contributed by atoms with Gasteiger partial charge < -0.3 is 15.4 Å². The van der Waals surface area contributed by atoms with Gasteiger partial charge in [-0.3, -0.25) is 14.7 Å². The molecule has 0 radical (unpaired) electrons. The maximum atomic E-state index is 12.3. The van der Waals surface area contributed by atoms with Gasteiger partial charge in [0.25, 0.3) is 5.91 Å². The van der Waals surface area contributed by atoms with Crippen LogP contribution in [-0.4, -0.2) is 86.6 Å². The van der Waals surface area contributed by atoms with Crippen LogP contribution in [0.1, 0.15) is 16.8 Å². The second-order valence-electron chi connectivity index (χ2n) is 7.50. The van der Waals surface area contributed by atoms with Crippen LogP contribution < -0.4 is 10.6 Å². The lowest BCUT2D eigenvalue weighted by Crippen LogP contribution is -2.38. The average molecular weight is 439 g/mol. The molecule has 3 aliphatic heterocycles. The molecular formula is C19H26N4O4S2. The number of morpholine rings is 1. The average Bonchev–Trinajstić information content (AvgIpc) is 3.19. The number of carbonyl (C=O) groups excluding carboxylic acids is 1. The Bertz CT molecular complexity index is 867. The van der Waals surface area contributed by atoms with E-state index in [-0.39, 0.29) is 28.7 Å². The zero-order valence-electron chi connectivity index (χ0n) is 16.2. The van der Waals surface area contributed by atoms with Gasteiger partial charge in [-0.05, 0) is 37.2 Å². The van der Waals surface area contributed by atoms with E-state index in [4.69, 9.17) is 4.74 Å². The van der Waals surface area contributed by atoms with E-state index in [1.807, 2.05) is 12.1 Å². The highest BCUT2D eigenvalue weighted by atomic mass is 32.2. The Balaban J connectivity index is 1.21. The largest absolute Gasteiger partial charge is 0.379 e. The normalized spacial score (nSPS) is 26.0. The van der Waals surface area contributed by atoms with E-state index >= 15 is 0 Å². The summed E-state index contributed by atoms with van der Waals surface area (Å²) in [5.41, 5.74) is 1.45. The molecule has 4 rings (SSSR count). The van der Waals surface area contributed by atoms with E-state index in [0.29, 0.717) is 12.1 Å². The highest BCUT2D eigenvalue weighted by Gasteiger charge is 2.42. The van der Waals surface area contributed by atoms with Gasteiger partial charge in [-0.15, -0.1) is 0 Å². The Labute approximate surface area is 175 Å². The highest BCUT2D eigenvalue weighted by Crippen LogP contribution is 2.34. The lowest BCUT2D eigenvalue weighted by molar-refractivity contribution is 0.0374. The van der Waals surface area contributed by atoms with Gasteiger partial charge in [-0.2, -0.15) is 0 Å². The first-order valence-corrected chi connectivity index (χ1v) is 12.6. The van der Waals surface area contributed by atoms with E-state index in [1.54, 1.807) is 12.1 Å². The molecule has 8 nitrogen and oxygen atoms in total. The van der Waals surface area contributed by atoms with Gasteiger partial charge in [0.05, 0.1) is 30.8 Å². The van der Waals surface area contributed by atoms with E-state index in [0.717, 1.165) is 50.1 Å². The van der Waals surface area contributed by atoms with Gasteiger partial charge in [0.1, 0.15) is 0 Å². The Morgan fingerprint density at radius 2 is 1.97 bits per heavy atom. The van der Waals surface area contributed by atoms with Crippen molar-refractivity contribution in [2.45, 2.75) is 17.7 Å². The predicted molar refractivity (Wildman–Crippen MR) is 116 cm³/mol. The minimum Gasteiger partial charge on any atom is -0.379 e. The van der Waals surface area contributed by atoms with E-state index in [2.05, 4.69) is 20.5 Å². The van der Waals surface area contributed by atoms with Gasteiger partial charge in [0.15, 0.2) is 15.0 Å². The minimum atomic E-state index is -2.94. The molecule has 2 N–H and O–H groups in total. The molecule has 0 spiro atoms. The number of hydrogen-bond donors (Lipinski definition) is 2. The molecule has 3 aliphatic rings.